The molecule has 1 aliphatic heterocycles. The molecule has 98 valence electrons. The fourth-order valence-corrected chi connectivity index (χ4v) is 2.18. The average molecular weight is 253 g/mol. The van der Waals surface area contributed by atoms with Crippen LogP contribution in [0.1, 0.15) is 22.8 Å². The van der Waals surface area contributed by atoms with Gasteiger partial charge in [-0.1, -0.05) is 0 Å². The van der Waals surface area contributed by atoms with Crippen molar-refractivity contribution in [2.75, 3.05) is 20.3 Å². The monoisotopic (exact) mass is 253 g/mol. The van der Waals surface area contributed by atoms with Crippen molar-refractivity contribution in [1.29, 1.82) is 0 Å². The van der Waals surface area contributed by atoms with Gasteiger partial charge in [-0.25, -0.2) is 4.79 Å². The van der Waals surface area contributed by atoms with Crippen LogP contribution in [0.15, 0.2) is 23.1 Å². The number of rotatable bonds is 3. The van der Waals surface area contributed by atoms with Gasteiger partial charge in [0.15, 0.2) is 0 Å². The molecule has 1 N–H and O–H groups in total. The third-order valence-corrected chi connectivity index (χ3v) is 3.13. The first-order chi connectivity index (χ1) is 8.65. The number of aromatic nitrogens is 1. The molecule has 0 saturated carbocycles. The summed E-state index contributed by atoms with van der Waals surface area (Å²) in [7, 11) is 1.55. The van der Waals surface area contributed by atoms with Crippen LogP contribution in [0.25, 0.3) is 0 Å². The van der Waals surface area contributed by atoms with Crippen LogP contribution in [0.5, 0.6) is 0 Å². The van der Waals surface area contributed by atoms with E-state index in [1.165, 1.54) is 10.6 Å². The molecular weight excluding hydrogens is 238 g/mol. The van der Waals surface area contributed by atoms with E-state index >= 15 is 0 Å². The van der Waals surface area contributed by atoms with Crippen LogP contribution in [0.4, 0.5) is 0 Å². The van der Waals surface area contributed by atoms with Gasteiger partial charge < -0.3 is 19.1 Å². The van der Waals surface area contributed by atoms with Crippen LogP contribution in [-0.4, -0.2) is 42.1 Å². The lowest BCUT2D eigenvalue weighted by atomic mass is 10.1. The van der Waals surface area contributed by atoms with Gasteiger partial charge in [-0.3, -0.25) is 4.79 Å². The minimum absolute atomic E-state index is 0.185. The van der Waals surface area contributed by atoms with E-state index in [0.29, 0.717) is 19.6 Å². The molecule has 0 radical (unpaired) electrons. The number of carboxylic acids is 1. The Labute approximate surface area is 104 Å². The molecule has 2 heterocycles. The van der Waals surface area contributed by atoms with E-state index in [4.69, 9.17) is 14.6 Å². The number of carboxylic acid groups (broad SMARTS) is 1. The number of pyridine rings is 1. The number of carbonyl (C=O) groups is 1. The first-order valence-corrected chi connectivity index (χ1v) is 5.70. The van der Waals surface area contributed by atoms with Gasteiger partial charge in [0.2, 0.25) is 0 Å². The Balaban J connectivity index is 2.41. The Morgan fingerprint density at radius 3 is 3.06 bits per heavy atom. The number of hydrogen-bond acceptors (Lipinski definition) is 4. The maximum atomic E-state index is 12.1. The lowest BCUT2D eigenvalue weighted by molar-refractivity contribution is -0.0609. The van der Waals surface area contributed by atoms with Crippen LogP contribution in [0, 0.1) is 0 Å². The van der Waals surface area contributed by atoms with Gasteiger partial charge in [0.05, 0.1) is 12.6 Å². The number of aromatic carboxylic acids is 1. The molecule has 18 heavy (non-hydrogen) atoms. The van der Waals surface area contributed by atoms with Crippen molar-refractivity contribution in [1.82, 2.24) is 4.57 Å². The zero-order valence-corrected chi connectivity index (χ0v) is 10.0. The number of methoxy groups -OCH3 is 1. The topological polar surface area (TPSA) is 77.8 Å². The molecule has 2 rings (SSSR count). The SMILES string of the molecule is CO[C@@H]1COCC[C@@H]1n1cccc(C(=O)O)c1=O. The molecule has 2 atom stereocenters. The zero-order chi connectivity index (χ0) is 13.1. The summed E-state index contributed by atoms with van der Waals surface area (Å²) in [6, 6.07) is 2.69. The molecule has 0 aliphatic carbocycles. The highest BCUT2D eigenvalue weighted by molar-refractivity contribution is 5.86. The smallest absolute Gasteiger partial charge is 0.341 e. The summed E-state index contributed by atoms with van der Waals surface area (Å²) in [5.74, 6) is -1.21. The van der Waals surface area contributed by atoms with Crippen molar-refractivity contribution in [2.45, 2.75) is 18.6 Å². The van der Waals surface area contributed by atoms with Crippen LogP contribution in [0.3, 0.4) is 0 Å². The molecule has 0 unspecified atom stereocenters. The predicted octanol–water partition coefficient (Wildman–Crippen LogP) is 0.523. The lowest BCUT2D eigenvalue weighted by Gasteiger charge is -2.31. The van der Waals surface area contributed by atoms with Crippen LogP contribution < -0.4 is 5.56 Å². The Hall–Kier alpha value is -1.66. The fourth-order valence-electron chi connectivity index (χ4n) is 2.18. The van der Waals surface area contributed by atoms with Gasteiger partial charge in [-0.2, -0.15) is 0 Å². The third kappa shape index (κ3) is 2.30. The van der Waals surface area contributed by atoms with Gasteiger partial charge >= 0.3 is 5.97 Å². The van der Waals surface area contributed by atoms with E-state index in [0.717, 1.165) is 0 Å². The maximum absolute atomic E-state index is 12.1. The second-order valence-electron chi connectivity index (χ2n) is 4.14. The molecule has 1 fully saturated rings. The standard InChI is InChI=1S/C12H15NO5/c1-17-10-7-18-6-4-9(10)13-5-2-3-8(11(13)14)12(15)16/h2-3,5,9-10H,4,6-7H2,1H3,(H,15,16)/t9-,10+/m0/s1. The Morgan fingerprint density at radius 1 is 1.61 bits per heavy atom. The first-order valence-electron chi connectivity index (χ1n) is 5.70. The Kier molecular flexibility index (Phi) is 3.78. The first kappa shape index (κ1) is 12.8. The molecule has 0 spiro atoms. The highest BCUT2D eigenvalue weighted by Crippen LogP contribution is 2.22. The molecule has 6 nitrogen and oxygen atoms in total. The Morgan fingerprint density at radius 2 is 2.39 bits per heavy atom. The van der Waals surface area contributed by atoms with Gasteiger partial charge in [-0.05, 0) is 18.6 Å². The van der Waals surface area contributed by atoms with Crippen molar-refractivity contribution in [3.05, 3.63) is 34.2 Å². The molecule has 6 heteroatoms. The molecule has 0 amide bonds. The van der Waals surface area contributed by atoms with E-state index in [-0.39, 0.29) is 17.7 Å². The summed E-state index contributed by atoms with van der Waals surface area (Å²) >= 11 is 0. The van der Waals surface area contributed by atoms with Crippen molar-refractivity contribution >= 4 is 5.97 Å². The summed E-state index contributed by atoms with van der Waals surface area (Å²) in [5.41, 5.74) is -0.724. The fraction of sp³-hybridized carbons (Fsp3) is 0.500. The minimum atomic E-state index is -1.21. The van der Waals surface area contributed by atoms with Crippen molar-refractivity contribution in [3.63, 3.8) is 0 Å². The van der Waals surface area contributed by atoms with E-state index < -0.39 is 11.5 Å². The number of nitrogens with zero attached hydrogens (tertiary/aromatic N) is 1. The van der Waals surface area contributed by atoms with E-state index in [1.54, 1.807) is 19.4 Å². The number of ether oxygens (including phenoxy) is 2. The van der Waals surface area contributed by atoms with Crippen LogP contribution in [-0.2, 0) is 9.47 Å². The van der Waals surface area contributed by atoms with Crippen molar-refractivity contribution in [3.8, 4) is 0 Å². The van der Waals surface area contributed by atoms with E-state index in [1.807, 2.05) is 0 Å². The predicted molar refractivity (Wildman–Crippen MR) is 62.9 cm³/mol. The molecule has 1 saturated heterocycles. The van der Waals surface area contributed by atoms with Gasteiger partial charge in [0.25, 0.3) is 5.56 Å². The zero-order valence-electron chi connectivity index (χ0n) is 10.0. The van der Waals surface area contributed by atoms with Gasteiger partial charge in [-0.15, -0.1) is 0 Å². The summed E-state index contributed by atoms with van der Waals surface area (Å²) in [6.45, 7) is 0.944. The molecular formula is C12H15NO5. The maximum Gasteiger partial charge on any atom is 0.341 e. The lowest BCUT2D eigenvalue weighted by Crippen LogP contribution is -2.41. The highest BCUT2D eigenvalue weighted by atomic mass is 16.5. The third-order valence-electron chi connectivity index (χ3n) is 3.13. The molecule has 1 aliphatic rings. The van der Waals surface area contributed by atoms with E-state index in [9.17, 15) is 9.59 Å². The quantitative estimate of drug-likeness (QED) is 0.849. The Bertz CT molecular complexity index is 495. The van der Waals surface area contributed by atoms with Crippen molar-refractivity contribution in [2.24, 2.45) is 0 Å². The van der Waals surface area contributed by atoms with Crippen LogP contribution in [0.2, 0.25) is 0 Å². The van der Waals surface area contributed by atoms with Crippen molar-refractivity contribution < 1.29 is 19.4 Å². The summed E-state index contributed by atoms with van der Waals surface area (Å²) in [4.78, 5) is 23.0. The molecule has 0 bridgehead atoms. The molecule has 1 aromatic heterocycles. The largest absolute Gasteiger partial charge is 0.477 e. The van der Waals surface area contributed by atoms with Crippen LogP contribution >= 0.6 is 0 Å². The average Bonchev–Trinajstić information content (AvgIpc) is 2.38. The van der Waals surface area contributed by atoms with E-state index in [2.05, 4.69) is 0 Å². The minimum Gasteiger partial charge on any atom is -0.477 e. The summed E-state index contributed by atoms with van der Waals surface area (Å²) in [6.07, 6.45) is 1.98. The number of hydrogen-bond donors (Lipinski definition) is 1. The second-order valence-corrected chi connectivity index (χ2v) is 4.14. The van der Waals surface area contributed by atoms with Gasteiger partial charge in [0, 0.05) is 19.9 Å². The highest BCUT2D eigenvalue weighted by Gasteiger charge is 2.28. The summed E-state index contributed by atoms with van der Waals surface area (Å²) in [5, 5.41) is 8.94. The second kappa shape index (κ2) is 5.32. The summed E-state index contributed by atoms with van der Waals surface area (Å²) < 4.78 is 12.0. The van der Waals surface area contributed by atoms with Gasteiger partial charge in [0.1, 0.15) is 11.7 Å². The molecule has 1 aromatic rings. The molecule has 0 aromatic carbocycles. The normalized spacial score (nSPS) is 23.8.